The van der Waals surface area contributed by atoms with Crippen molar-refractivity contribution in [3.63, 3.8) is 0 Å². The summed E-state index contributed by atoms with van der Waals surface area (Å²) in [4.78, 5) is 12.6. The molecule has 4 nitrogen and oxygen atoms in total. The van der Waals surface area contributed by atoms with Gasteiger partial charge in [0.05, 0.1) is 0 Å². The molecule has 0 unspecified atom stereocenters. The third-order valence-electron chi connectivity index (χ3n) is 1.83. The molecular weight excluding hydrogens is 156 g/mol. The van der Waals surface area contributed by atoms with Crippen LogP contribution in [0.15, 0.2) is 0 Å². The number of carbonyl (C=O) groups excluding carboxylic acids is 1. The molecule has 70 valence electrons. The molecule has 0 aromatic carbocycles. The molecule has 12 heavy (non-hydrogen) atoms. The van der Waals surface area contributed by atoms with Crippen molar-refractivity contribution in [2.75, 3.05) is 26.4 Å². The number of urea groups is 1. The molecule has 1 fully saturated rings. The third-order valence-corrected chi connectivity index (χ3v) is 1.83. The summed E-state index contributed by atoms with van der Waals surface area (Å²) < 4.78 is 5.29. The Morgan fingerprint density at radius 2 is 2.50 bits per heavy atom. The van der Waals surface area contributed by atoms with Crippen LogP contribution < -0.4 is 5.32 Å². The second-order valence-electron chi connectivity index (χ2n) is 2.89. The molecule has 0 bridgehead atoms. The summed E-state index contributed by atoms with van der Waals surface area (Å²) in [6.07, 6.45) is 2.20. The number of amides is 2. The number of nitrogens with one attached hydrogen (secondary N) is 1. The predicted molar refractivity (Wildman–Crippen MR) is 45.8 cm³/mol. The third kappa shape index (κ3) is 2.70. The van der Waals surface area contributed by atoms with Crippen LogP contribution in [0.4, 0.5) is 4.79 Å². The van der Waals surface area contributed by atoms with Gasteiger partial charge in [0.2, 0.25) is 0 Å². The Balaban J connectivity index is 2.02. The summed E-state index contributed by atoms with van der Waals surface area (Å²) in [5.41, 5.74) is 0. The summed E-state index contributed by atoms with van der Waals surface area (Å²) in [7, 11) is 0. The van der Waals surface area contributed by atoms with Gasteiger partial charge in [-0.1, -0.05) is 13.3 Å². The van der Waals surface area contributed by atoms with Gasteiger partial charge in [0.25, 0.3) is 0 Å². The molecule has 1 aliphatic heterocycles. The number of hydrogen-bond acceptors (Lipinski definition) is 2. The second-order valence-corrected chi connectivity index (χ2v) is 2.89. The summed E-state index contributed by atoms with van der Waals surface area (Å²) in [5, 5.41) is 2.72. The Labute approximate surface area is 72.9 Å². The van der Waals surface area contributed by atoms with E-state index in [1.54, 1.807) is 4.90 Å². The van der Waals surface area contributed by atoms with Crippen LogP contribution in [-0.2, 0) is 4.74 Å². The normalized spacial score (nSPS) is 16.8. The Morgan fingerprint density at radius 3 is 3.08 bits per heavy atom. The number of carbonyl (C=O) groups is 1. The van der Waals surface area contributed by atoms with Crippen molar-refractivity contribution in [1.29, 1.82) is 0 Å². The maximum absolute atomic E-state index is 11.0. The Bertz CT molecular complexity index is 150. The standard InChI is InChI=1S/C8H16N2O2/c1-2-3-6-12-7-10-5-4-9-8(10)11/h2-7H2,1H3,(H,9,11). The van der Waals surface area contributed by atoms with Gasteiger partial charge in [-0.15, -0.1) is 0 Å². The van der Waals surface area contributed by atoms with Gasteiger partial charge < -0.3 is 10.1 Å². The van der Waals surface area contributed by atoms with Gasteiger partial charge in [0.15, 0.2) is 0 Å². The van der Waals surface area contributed by atoms with E-state index in [0.29, 0.717) is 6.73 Å². The molecule has 0 saturated carbocycles. The van der Waals surface area contributed by atoms with Crippen molar-refractivity contribution < 1.29 is 9.53 Å². The van der Waals surface area contributed by atoms with E-state index in [1.165, 1.54) is 0 Å². The van der Waals surface area contributed by atoms with E-state index in [4.69, 9.17) is 4.74 Å². The molecule has 0 spiro atoms. The number of nitrogens with zero attached hydrogens (tertiary/aromatic N) is 1. The average Bonchev–Trinajstić information content (AvgIpc) is 2.46. The van der Waals surface area contributed by atoms with E-state index in [-0.39, 0.29) is 6.03 Å². The fraction of sp³-hybridized carbons (Fsp3) is 0.875. The van der Waals surface area contributed by atoms with Crippen molar-refractivity contribution in [2.45, 2.75) is 19.8 Å². The Hall–Kier alpha value is -0.770. The predicted octanol–water partition coefficient (Wildman–Crippen LogP) is 0.786. The van der Waals surface area contributed by atoms with Crippen LogP contribution in [0.2, 0.25) is 0 Å². The van der Waals surface area contributed by atoms with Gasteiger partial charge in [0, 0.05) is 19.7 Å². The lowest BCUT2D eigenvalue weighted by molar-refractivity contribution is 0.0563. The highest BCUT2D eigenvalue weighted by Gasteiger charge is 2.18. The highest BCUT2D eigenvalue weighted by Crippen LogP contribution is 1.97. The first-order valence-electron chi connectivity index (χ1n) is 4.45. The quantitative estimate of drug-likeness (QED) is 0.623. The van der Waals surface area contributed by atoms with Crippen LogP contribution in [0.3, 0.4) is 0 Å². The first-order chi connectivity index (χ1) is 5.84. The van der Waals surface area contributed by atoms with Crippen molar-refractivity contribution in [2.24, 2.45) is 0 Å². The number of ether oxygens (including phenoxy) is 1. The second kappa shape index (κ2) is 4.98. The van der Waals surface area contributed by atoms with E-state index in [1.807, 2.05) is 0 Å². The summed E-state index contributed by atoms with van der Waals surface area (Å²) in [6.45, 7) is 4.82. The van der Waals surface area contributed by atoms with Crippen LogP contribution in [0.1, 0.15) is 19.8 Å². The lowest BCUT2D eigenvalue weighted by atomic mass is 10.4. The minimum Gasteiger partial charge on any atom is -0.361 e. The van der Waals surface area contributed by atoms with Crippen molar-refractivity contribution in [3.05, 3.63) is 0 Å². The van der Waals surface area contributed by atoms with Gasteiger partial charge in [0.1, 0.15) is 6.73 Å². The highest BCUT2D eigenvalue weighted by molar-refractivity contribution is 5.75. The first-order valence-corrected chi connectivity index (χ1v) is 4.45. The lowest BCUT2D eigenvalue weighted by Gasteiger charge is -2.13. The number of unbranched alkanes of at least 4 members (excludes halogenated alkanes) is 1. The van der Waals surface area contributed by atoms with E-state index in [0.717, 1.165) is 32.5 Å². The fourth-order valence-corrected chi connectivity index (χ4v) is 1.06. The van der Waals surface area contributed by atoms with Gasteiger partial charge >= 0.3 is 6.03 Å². The molecule has 0 aromatic rings. The topological polar surface area (TPSA) is 41.6 Å². The lowest BCUT2D eigenvalue weighted by Crippen LogP contribution is -2.30. The molecule has 0 aliphatic carbocycles. The largest absolute Gasteiger partial charge is 0.361 e. The smallest absolute Gasteiger partial charge is 0.319 e. The zero-order valence-corrected chi connectivity index (χ0v) is 7.51. The number of rotatable bonds is 5. The summed E-state index contributed by atoms with van der Waals surface area (Å²) in [6, 6.07) is -0.00787. The molecule has 4 heteroatoms. The minimum atomic E-state index is -0.00787. The van der Waals surface area contributed by atoms with Crippen LogP contribution >= 0.6 is 0 Å². The molecule has 2 amide bonds. The van der Waals surface area contributed by atoms with Gasteiger partial charge in [-0.2, -0.15) is 0 Å². The minimum absolute atomic E-state index is 0.00787. The summed E-state index contributed by atoms with van der Waals surface area (Å²) in [5.74, 6) is 0. The molecule has 1 heterocycles. The van der Waals surface area contributed by atoms with Crippen LogP contribution in [-0.4, -0.2) is 37.4 Å². The van der Waals surface area contributed by atoms with Crippen LogP contribution in [0, 0.1) is 0 Å². The summed E-state index contributed by atoms with van der Waals surface area (Å²) >= 11 is 0. The first kappa shape index (κ1) is 9.32. The van der Waals surface area contributed by atoms with E-state index in [2.05, 4.69) is 12.2 Å². The monoisotopic (exact) mass is 172 g/mol. The van der Waals surface area contributed by atoms with E-state index < -0.39 is 0 Å². The molecular formula is C8H16N2O2. The van der Waals surface area contributed by atoms with Crippen molar-refractivity contribution in [3.8, 4) is 0 Å². The Kier molecular flexibility index (Phi) is 3.87. The van der Waals surface area contributed by atoms with Crippen LogP contribution in [0.5, 0.6) is 0 Å². The average molecular weight is 172 g/mol. The molecule has 0 atom stereocenters. The Morgan fingerprint density at radius 1 is 1.67 bits per heavy atom. The number of hydrogen-bond donors (Lipinski definition) is 1. The van der Waals surface area contributed by atoms with E-state index in [9.17, 15) is 4.79 Å². The van der Waals surface area contributed by atoms with E-state index >= 15 is 0 Å². The molecule has 1 N–H and O–H groups in total. The highest BCUT2D eigenvalue weighted by atomic mass is 16.5. The van der Waals surface area contributed by atoms with Gasteiger partial charge in [-0.25, -0.2) is 4.79 Å². The molecule has 1 aliphatic rings. The molecule has 1 rings (SSSR count). The zero-order valence-electron chi connectivity index (χ0n) is 7.51. The van der Waals surface area contributed by atoms with Gasteiger partial charge in [-0.3, -0.25) is 4.90 Å². The fourth-order valence-electron chi connectivity index (χ4n) is 1.06. The van der Waals surface area contributed by atoms with Crippen molar-refractivity contribution in [1.82, 2.24) is 10.2 Å². The molecule has 0 radical (unpaired) electrons. The van der Waals surface area contributed by atoms with Crippen molar-refractivity contribution >= 4 is 6.03 Å². The molecule has 0 aromatic heterocycles. The maximum Gasteiger partial charge on any atom is 0.319 e. The SMILES string of the molecule is CCCCOCN1CCNC1=O. The zero-order chi connectivity index (χ0) is 8.81. The van der Waals surface area contributed by atoms with Gasteiger partial charge in [-0.05, 0) is 6.42 Å². The maximum atomic E-state index is 11.0. The molecule has 1 saturated heterocycles. The van der Waals surface area contributed by atoms with Crippen LogP contribution in [0.25, 0.3) is 0 Å².